The first-order chi connectivity index (χ1) is 13.1. The van der Waals surface area contributed by atoms with Crippen LogP contribution in [-0.4, -0.2) is 23.1 Å². The van der Waals surface area contributed by atoms with Gasteiger partial charge in [-0.3, -0.25) is 0 Å². The molecule has 0 spiro atoms. The molecule has 1 aliphatic heterocycles. The van der Waals surface area contributed by atoms with Crippen LogP contribution in [0.25, 0.3) is 0 Å². The number of nitrogens with zero attached hydrogens (tertiary/aromatic N) is 2. The standard InChI is InChI=1S/C21H27N3O3/c1-15(19-7-4-10-25-19)18-13-23(16(2)20-8-5-11-26-20)22-24(14-18)17(3)21-9-6-12-27-21/h4-12,15-18,22H,13-14H2,1-3H3. The van der Waals surface area contributed by atoms with Crippen LogP contribution in [0, 0.1) is 5.92 Å². The summed E-state index contributed by atoms with van der Waals surface area (Å²) in [6.45, 7) is 8.33. The third-order valence-corrected chi connectivity index (χ3v) is 5.66. The fourth-order valence-corrected chi connectivity index (χ4v) is 3.76. The van der Waals surface area contributed by atoms with E-state index in [1.807, 2.05) is 30.3 Å². The quantitative estimate of drug-likeness (QED) is 0.677. The molecule has 3 aromatic rings. The molecule has 0 aromatic carbocycles. The third kappa shape index (κ3) is 3.74. The van der Waals surface area contributed by atoms with Gasteiger partial charge in [-0.05, 0) is 56.2 Å². The number of rotatable bonds is 6. The monoisotopic (exact) mass is 369 g/mol. The fraction of sp³-hybridized carbons (Fsp3) is 0.429. The zero-order valence-electron chi connectivity index (χ0n) is 16.0. The molecular formula is C21H27N3O3. The highest BCUT2D eigenvalue weighted by atomic mass is 16.3. The zero-order valence-corrected chi connectivity index (χ0v) is 16.0. The molecule has 6 nitrogen and oxygen atoms in total. The highest BCUT2D eigenvalue weighted by Crippen LogP contribution is 2.33. The molecule has 1 aliphatic rings. The van der Waals surface area contributed by atoms with Gasteiger partial charge < -0.3 is 13.3 Å². The van der Waals surface area contributed by atoms with Crippen LogP contribution < -0.4 is 5.53 Å². The first-order valence-corrected chi connectivity index (χ1v) is 9.53. The van der Waals surface area contributed by atoms with Crippen molar-refractivity contribution < 1.29 is 13.3 Å². The number of nitrogens with one attached hydrogen (secondary N) is 1. The molecule has 3 unspecified atom stereocenters. The van der Waals surface area contributed by atoms with E-state index in [9.17, 15) is 0 Å². The van der Waals surface area contributed by atoms with Crippen LogP contribution in [0.15, 0.2) is 68.4 Å². The molecule has 1 fully saturated rings. The Balaban J connectivity index is 1.58. The number of furan rings is 3. The van der Waals surface area contributed by atoms with E-state index < -0.39 is 0 Å². The summed E-state index contributed by atoms with van der Waals surface area (Å²) in [4.78, 5) is 0. The van der Waals surface area contributed by atoms with Gasteiger partial charge in [0.15, 0.2) is 0 Å². The van der Waals surface area contributed by atoms with E-state index in [2.05, 4.69) is 42.4 Å². The average Bonchev–Trinajstić information content (AvgIpc) is 3.47. The lowest BCUT2D eigenvalue weighted by atomic mass is 9.90. The molecule has 0 saturated carbocycles. The molecule has 1 saturated heterocycles. The van der Waals surface area contributed by atoms with Crippen LogP contribution in [0.1, 0.15) is 56.1 Å². The molecule has 4 heterocycles. The highest BCUT2D eigenvalue weighted by molar-refractivity contribution is 5.09. The summed E-state index contributed by atoms with van der Waals surface area (Å²) in [7, 11) is 0. The molecule has 1 N–H and O–H groups in total. The van der Waals surface area contributed by atoms with Gasteiger partial charge in [-0.15, -0.1) is 0 Å². The van der Waals surface area contributed by atoms with Gasteiger partial charge in [-0.2, -0.15) is 5.53 Å². The van der Waals surface area contributed by atoms with Crippen LogP contribution in [0.4, 0.5) is 0 Å². The van der Waals surface area contributed by atoms with E-state index in [4.69, 9.17) is 13.3 Å². The molecule has 0 bridgehead atoms. The minimum atomic E-state index is 0.109. The van der Waals surface area contributed by atoms with Gasteiger partial charge in [0, 0.05) is 19.0 Å². The Morgan fingerprint density at radius 3 is 1.63 bits per heavy atom. The van der Waals surface area contributed by atoms with Crippen molar-refractivity contribution in [1.82, 2.24) is 15.6 Å². The van der Waals surface area contributed by atoms with E-state index in [1.54, 1.807) is 18.8 Å². The van der Waals surface area contributed by atoms with Gasteiger partial charge in [0.1, 0.15) is 17.3 Å². The van der Waals surface area contributed by atoms with Crippen molar-refractivity contribution in [2.75, 3.05) is 13.1 Å². The second-order valence-corrected chi connectivity index (χ2v) is 7.35. The normalized spacial score (nSPS) is 22.6. The number of hydrogen-bond acceptors (Lipinski definition) is 6. The SMILES string of the molecule is CC(c1ccco1)C1CN(C(C)c2ccco2)NN(C(C)c2ccco2)C1. The maximum Gasteiger partial charge on any atom is 0.122 e. The van der Waals surface area contributed by atoms with E-state index in [1.165, 1.54) is 0 Å². The summed E-state index contributed by atoms with van der Waals surface area (Å²) in [5, 5.41) is 4.48. The lowest BCUT2D eigenvalue weighted by Crippen LogP contribution is -2.60. The largest absolute Gasteiger partial charge is 0.469 e. The summed E-state index contributed by atoms with van der Waals surface area (Å²) in [5.41, 5.74) is 3.58. The van der Waals surface area contributed by atoms with Crippen LogP contribution in [0.2, 0.25) is 0 Å². The van der Waals surface area contributed by atoms with Crippen LogP contribution in [0.5, 0.6) is 0 Å². The van der Waals surface area contributed by atoms with E-state index >= 15 is 0 Å². The maximum atomic E-state index is 5.69. The van der Waals surface area contributed by atoms with Crippen molar-refractivity contribution in [3.05, 3.63) is 72.5 Å². The highest BCUT2D eigenvalue weighted by Gasteiger charge is 2.36. The van der Waals surface area contributed by atoms with Crippen molar-refractivity contribution in [1.29, 1.82) is 0 Å². The molecule has 3 aromatic heterocycles. The summed E-state index contributed by atoms with van der Waals surface area (Å²) < 4.78 is 17.0. The van der Waals surface area contributed by atoms with E-state index in [0.29, 0.717) is 11.8 Å². The number of hydrogen-bond donors (Lipinski definition) is 1. The lowest BCUT2D eigenvalue weighted by Gasteiger charge is -2.46. The summed E-state index contributed by atoms with van der Waals surface area (Å²) >= 11 is 0. The van der Waals surface area contributed by atoms with Crippen LogP contribution in [-0.2, 0) is 0 Å². The van der Waals surface area contributed by atoms with Gasteiger partial charge in [0.25, 0.3) is 0 Å². The number of hydrazine groups is 2. The zero-order chi connectivity index (χ0) is 18.8. The van der Waals surface area contributed by atoms with E-state index in [0.717, 1.165) is 30.4 Å². The Labute approximate surface area is 159 Å². The van der Waals surface area contributed by atoms with Crippen molar-refractivity contribution in [2.24, 2.45) is 5.92 Å². The van der Waals surface area contributed by atoms with Crippen LogP contribution in [0.3, 0.4) is 0 Å². The Kier molecular flexibility index (Phi) is 5.20. The minimum Gasteiger partial charge on any atom is -0.469 e. The lowest BCUT2D eigenvalue weighted by molar-refractivity contribution is -0.0968. The first-order valence-electron chi connectivity index (χ1n) is 9.53. The van der Waals surface area contributed by atoms with Crippen LogP contribution >= 0.6 is 0 Å². The molecule has 27 heavy (non-hydrogen) atoms. The minimum absolute atomic E-state index is 0.109. The van der Waals surface area contributed by atoms with Gasteiger partial charge in [0.05, 0.1) is 30.9 Å². The second kappa shape index (κ2) is 7.76. The van der Waals surface area contributed by atoms with Gasteiger partial charge in [0.2, 0.25) is 0 Å². The summed E-state index contributed by atoms with van der Waals surface area (Å²) in [6.07, 6.45) is 5.20. The maximum absolute atomic E-state index is 5.69. The Morgan fingerprint density at radius 1 is 0.778 bits per heavy atom. The molecular weight excluding hydrogens is 342 g/mol. The molecule has 3 atom stereocenters. The van der Waals surface area contributed by atoms with Crippen molar-refractivity contribution in [3.63, 3.8) is 0 Å². The van der Waals surface area contributed by atoms with Gasteiger partial charge >= 0.3 is 0 Å². The van der Waals surface area contributed by atoms with Crippen molar-refractivity contribution in [2.45, 2.75) is 38.8 Å². The summed E-state index contributed by atoms with van der Waals surface area (Å²) in [5.74, 6) is 3.61. The Hall–Kier alpha value is -2.28. The molecule has 0 aliphatic carbocycles. The second-order valence-electron chi connectivity index (χ2n) is 7.35. The Bertz CT molecular complexity index is 682. The van der Waals surface area contributed by atoms with E-state index in [-0.39, 0.29) is 12.1 Å². The van der Waals surface area contributed by atoms with Crippen molar-refractivity contribution >= 4 is 0 Å². The molecule has 144 valence electrons. The molecule has 0 amide bonds. The molecule has 0 radical (unpaired) electrons. The topological polar surface area (TPSA) is 57.9 Å². The smallest absolute Gasteiger partial charge is 0.122 e. The fourth-order valence-electron chi connectivity index (χ4n) is 3.76. The predicted octanol–water partition coefficient (Wildman–Crippen LogP) is 4.74. The van der Waals surface area contributed by atoms with Gasteiger partial charge in [-0.25, -0.2) is 10.0 Å². The predicted molar refractivity (Wildman–Crippen MR) is 101 cm³/mol. The average molecular weight is 369 g/mol. The molecule has 6 heteroatoms. The van der Waals surface area contributed by atoms with Crippen molar-refractivity contribution in [3.8, 4) is 0 Å². The summed E-state index contributed by atoms with van der Waals surface area (Å²) in [6, 6.07) is 12.1. The Morgan fingerprint density at radius 2 is 1.22 bits per heavy atom. The third-order valence-electron chi connectivity index (χ3n) is 5.66. The first kappa shape index (κ1) is 18.1. The molecule has 4 rings (SSSR count). The van der Waals surface area contributed by atoms with Gasteiger partial charge in [-0.1, -0.05) is 6.92 Å².